The largest absolute Gasteiger partial charge is 0.478 e. The summed E-state index contributed by atoms with van der Waals surface area (Å²) < 4.78 is 14.3. The predicted molar refractivity (Wildman–Crippen MR) is 91.7 cm³/mol. The molecule has 6 nitrogen and oxygen atoms in total. The number of aromatic amines is 1. The van der Waals surface area contributed by atoms with Crippen LogP contribution in [0.3, 0.4) is 0 Å². The van der Waals surface area contributed by atoms with Crippen LogP contribution in [-0.2, 0) is 0 Å². The van der Waals surface area contributed by atoms with Crippen molar-refractivity contribution in [3.05, 3.63) is 81.5 Å². The van der Waals surface area contributed by atoms with Crippen LogP contribution in [0, 0.1) is 12.7 Å². The smallest absolute Gasteiger partial charge is 0.335 e. The lowest BCUT2D eigenvalue weighted by Crippen LogP contribution is -2.17. The minimum absolute atomic E-state index is 0.115. The molecule has 0 aliphatic rings. The first kappa shape index (κ1) is 16.4. The number of aliphatic imine (C=N–C) groups is 1. The van der Waals surface area contributed by atoms with E-state index in [1.54, 1.807) is 19.1 Å². The zero-order chi connectivity index (χ0) is 18.0. The van der Waals surface area contributed by atoms with E-state index in [-0.39, 0.29) is 16.9 Å². The molecular weight excluding hydrogens is 325 g/mol. The van der Waals surface area contributed by atoms with Gasteiger partial charge in [0.25, 0.3) is 5.56 Å². The van der Waals surface area contributed by atoms with Gasteiger partial charge < -0.3 is 5.11 Å². The topological polar surface area (TPSA) is 87.5 Å². The number of aryl methyl sites for hydroxylation is 1. The number of rotatable bonds is 4. The van der Waals surface area contributed by atoms with Crippen molar-refractivity contribution in [2.75, 3.05) is 0 Å². The fourth-order valence-electron chi connectivity index (χ4n) is 2.34. The molecule has 7 heteroatoms. The van der Waals surface area contributed by atoms with Crippen molar-refractivity contribution >= 4 is 17.9 Å². The van der Waals surface area contributed by atoms with E-state index in [0.29, 0.717) is 22.6 Å². The van der Waals surface area contributed by atoms with E-state index in [4.69, 9.17) is 5.11 Å². The fourth-order valence-corrected chi connectivity index (χ4v) is 2.34. The minimum atomic E-state index is -1.05. The van der Waals surface area contributed by atoms with E-state index in [1.165, 1.54) is 47.3 Å². The highest BCUT2D eigenvalue weighted by Crippen LogP contribution is 2.14. The molecule has 0 aliphatic heterocycles. The van der Waals surface area contributed by atoms with Crippen LogP contribution in [-0.4, -0.2) is 27.1 Å². The number of hydrogen-bond acceptors (Lipinski definition) is 3. The predicted octanol–water partition coefficient (Wildman–Crippen LogP) is 3.06. The monoisotopic (exact) mass is 339 g/mol. The number of aromatic carboxylic acids is 1. The first-order valence-electron chi connectivity index (χ1n) is 7.40. The third-order valence-corrected chi connectivity index (χ3v) is 3.64. The number of nitrogens with zero attached hydrogens (tertiary/aromatic N) is 2. The van der Waals surface area contributed by atoms with Gasteiger partial charge in [-0.15, -0.1) is 0 Å². The van der Waals surface area contributed by atoms with Crippen molar-refractivity contribution in [2.45, 2.75) is 6.92 Å². The Hall–Kier alpha value is -3.48. The van der Waals surface area contributed by atoms with Crippen molar-refractivity contribution in [3.63, 3.8) is 0 Å². The summed E-state index contributed by atoms with van der Waals surface area (Å²) in [5, 5.41) is 11.9. The molecule has 0 aliphatic carbocycles. The van der Waals surface area contributed by atoms with Gasteiger partial charge in [-0.05, 0) is 49.4 Å². The Kier molecular flexibility index (Phi) is 4.30. The van der Waals surface area contributed by atoms with Crippen molar-refractivity contribution in [2.24, 2.45) is 4.99 Å². The number of benzene rings is 2. The zero-order valence-corrected chi connectivity index (χ0v) is 13.2. The minimum Gasteiger partial charge on any atom is -0.478 e. The number of aromatic nitrogens is 2. The summed E-state index contributed by atoms with van der Waals surface area (Å²) >= 11 is 0. The summed E-state index contributed by atoms with van der Waals surface area (Å²) in [6, 6.07) is 11.6. The lowest BCUT2D eigenvalue weighted by atomic mass is 10.2. The molecule has 1 heterocycles. The molecule has 126 valence electrons. The van der Waals surface area contributed by atoms with Crippen LogP contribution in [0.4, 0.5) is 10.1 Å². The summed E-state index contributed by atoms with van der Waals surface area (Å²) in [5.74, 6) is -1.44. The lowest BCUT2D eigenvalue weighted by Gasteiger charge is -2.00. The number of carboxylic acids is 1. The van der Waals surface area contributed by atoms with Gasteiger partial charge in [0.1, 0.15) is 5.82 Å². The van der Waals surface area contributed by atoms with E-state index < -0.39 is 5.97 Å². The number of hydrogen-bond donors (Lipinski definition) is 2. The summed E-state index contributed by atoms with van der Waals surface area (Å²) in [6.45, 7) is 1.72. The van der Waals surface area contributed by atoms with Crippen molar-refractivity contribution < 1.29 is 14.3 Å². The number of carboxylic acid groups (broad SMARTS) is 1. The van der Waals surface area contributed by atoms with Gasteiger partial charge in [0.2, 0.25) is 0 Å². The first-order valence-corrected chi connectivity index (χ1v) is 7.40. The molecule has 0 saturated heterocycles. The third kappa shape index (κ3) is 3.40. The van der Waals surface area contributed by atoms with Gasteiger partial charge in [0, 0.05) is 11.9 Å². The average Bonchev–Trinajstić information content (AvgIpc) is 2.88. The molecule has 2 N–H and O–H groups in total. The highest BCUT2D eigenvalue weighted by molar-refractivity contribution is 5.89. The zero-order valence-electron chi connectivity index (χ0n) is 13.2. The highest BCUT2D eigenvalue weighted by atomic mass is 19.1. The van der Waals surface area contributed by atoms with Gasteiger partial charge in [-0.3, -0.25) is 14.9 Å². The Morgan fingerprint density at radius 3 is 2.64 bits per heavy atom. The number of halogens is 1. The molecule has 0 saturated carbocycles. The van der Waals surface area contributed by atoms with E-state index in [2.05, 4.69) is 10.1 Å². The molecule has 0 fully saturated rings. The Bertz CT molecular complexity index is 1020. The molecule has 1 aromatic heterocycles. The van der Waals surface area contributed by atoms with Gasteiger partial charge in [-0.1, -0.05) is 6.07 Å². The second-order valence-corrected chi connectivity index (χ2v) is 5.38. The highest BCUT2D eigenvalue weighted by Gasteiger charge is 2.11. The van der Waals surface area contributed by atoms with E-state index in [0.717, 1.165) is 0 Å². The molecular formula is C18H14FN3O3. The maximum absolute atomic E-state index is 13.0. The van der Waals surface area contributed by atoms with Gasteiger partial charge in [0.05, 0.1) is 22.5 Å². The quantitative estimate of drug-likeness (QED) is 0.716. The number of carbonyl (C=O) groups is 1. The van der Waals surface area contributed by atoms with E-state index in [1.807, 2.05) is 0 Å². The molecule has 0 atom stereocenters. The molecule has 3 aromatic rings. The van der Waals surface area contributed by atoms with Crippen LogP contribution < -0.4 is 5.56 Å². The van der Waals surface area contributed by atoms with E-state index in [9.17, 15) is 14.0 Å². The van der Waals surface area contributed by atoms with Crippen molar-refractivity contribution in [1.82, 2.24) is 9.78 Å². The average molecular weight is 339 g/mol. The van der Waals surface area contributed by atoms with E-state index >= 15 is 0 Å². The van der Waals surface area contributed by atoms with Gasteiger partial charge in [0.15, 0.2) is 0 Å². The normalized spacial score (nSPS) is 11.1. The number of nitrogens with one attached hydrogen (secondary N) is 1. The van der Waals surface area contributed by atoms with Gasteiger partial charge in [-0.25, -0.2) is 13.9 Å². The molecule has 0 radical (unpaired) electrons. The Morgan fingerprint density at radius 1 is 1.24 bits per heavy atom. The second kappa shape index (κ2) is 6.56. The molecule has 25 heavy (non-hydrogen) atoms. The van der Waals surface area contributed by atoms with Crippen LogP contribution in [0.2, 0.25) is 0 Å². The van der Waals surface area contributed by atoms with Gasteiger partial charge >= 0.3 is 5.97 Å². The van der Waals surface area contributed by atoms with Crippen molar-refractivity contribution in [1.29, 1.82) is 0 Å². The summed E-state index contributed by atoms with van der Waals surface area (Å²) in [6.07, 6.45) is 1.38. The molecule has 0 unspecified atom stereocenters. The van der Waals surface area contributed by atoms with Crippen LogP contribution in [0.15, 0.2) is 58.3 Å². The Labute approximate surface area is 141 Å². The van der Waals surface area contributed by atoms with Crippen LogP contribution in [0.1, 0.15) is 21.6 Å². The molecule has 0 amide bonds. The lowest BCUT2D eigenvalue weighted by molar-refractivity contribution is 0.0697. The standard InChI is InChI=1S/C18H14FN3O3/c1-11-16(10-20-14-4-2-3-12(9-14)18(24)25)17(23)22(21-11)15-7-5-13(19)6-8-15/h2-10,21H,1H3,(H,24,25). The maximum Gasteiger partial charge on any atom is 0.335 e. The second-order valence-electron chi connectivity index (χ2n) is 5.38. The van der Waals surface area contributed by atoms with Gasteiger partial charge in [-0.2, -0.15) is 0 Å². The SMILES string of the molecule is Cc1[nH]n(-c2ccc(F)cc2)c(=O)c1C=Nc1cccc(C(=O)O)c1. The molecule has 0 spiro atoms. The Balaban J connectivity index is 1.96. The Morgan fingerprint density at radius 2 is 1.96 bits per heavy atom. The van der Waals surface area contributed by atoms with Crippen LogP contribution in [0.5, 0.6) is 0 Å². The van der Waals surface area contributed by atoms with Crippen LogP contribution in [0.25, 0.3) is 5.69 Å². The summed E-state index contributed by atoms with van der Waals surface area (Å²) in [5.41, 5.74) is 1.64. The fraction of sp³-hybridized carbons (Fsp3) is 0.0556. The molecule has 3 rings (SSSR count). The summed E-state index contributed by atoms with van der Waals surface area (Å²) in [7, 11) is 0. The first-order chi connectivity index (χ1) is 12.0. The number of H-pyrrole nitrogens is 1. The third-order valence-electron chi connectivity index (χ3n) is 3.64. The van der Waals surface area contributed by atoms with Crippen LogP contribution >= 0.6 is 0 Å². The molecule has 0 bridgehead atoms. The maximum atomic E-state index is 13.0. The van der Waals surface area contributed by atoms with Crippen molar-refractivity contribution in [3.8, 4) is 5.69 Å². The summed E-state index contributed by atoms with van der Waals surface area (Å²) in [4.78, 5) is 27.7. The molecule has 2 aromatic carbocycles.